The Labute approximate surface area is 163 Å². The van der Waals surface area contributed by atoms with Gasteiger partial charge < -0.3 is 5.11 Å². The maximum absolute atomic E-state index is 12.6. The van der Waals surface area contributed by atoms with E-state index in [0.717, 1.165) is 30.7 Å². The van der Waals surface area contributed by atoms with Crippen molar-refractivity contribution in [1.29, 1.82) is 0 Å². The van der Waals surface area contributed by atoms with E-state index in [1.165, 1.54) is 17.5 Å². The van der Waals surface area contributed by atoms with Gasteiger partial charge in [0.1, 0.15) is 0 Å². The van der Waals surface area contributed by atoms with Crippen molar-refractivity contribution < 1.29 is 5.11 Å². The quantitative estimate of drug-likeness (QED) is 0.825. The predicted octanol–water partition coefficient (Wildman–Crippen LogP) is 4.90. The predicted molar refractivity (Wildman–Crippen MR) is 109 cm³/mol. The molecule has 2 saturated carbocycles. The van der Waals surface area contributed by atoms with Crippen LogP contribution in [-0.4, -0.2) is 15.7 Å². The van der Waals surface area contributed by atoms with Gasteiger partial charge in [-0.15, -0.1) is 0 Å². The molecule has 3 aliphatic rings. The van der Waals surface area contributed by atoms with Crippen molar-refractivity contribution in [3.05, 3.63) is 65.0 Å². The zero-order chi connectivity index (χ0) is 19.1. The van der Waals surface area contributed by atoms with Gasteiger partial charge in [-0.2, -0.15) is 0 Å². The minimum atomic E-state index is -0.730. The first-order chi connectivity index (χ1) is 12.7. The number of aromatic nitrogens is 1. The van der Waals surface area contributed by atoms with Crippen LogP contribution in [0.2, 0.25) is 0 Å². The van der Waals surface area contributed by atoms with Gasteiger partial charge in [0, 0.05) is 28.6 Å². The highest BCUT2D eigenvalue weighted by Crippen LogP contribution is 2.79. The van der Waals surface area contributed by atoms with Crippen LogP contribution in [0.25, 0.3) is 0 Å². The van der Waals surface area contributed by atoms with E-state index in [4.69, 9.17) is 4.98 Å². The van der Waals surface area contributed by atoms with Crippen molar-refractivity contribution in [3.8, 4) is 0 Å². The van der Waals surface area contributed by atoms with E-state index in [-0.39, 0.29) is 16.2 Å². The number of rotatable bonds is 2. The number of benzene rings is 1. The Hall–Kier alpha value is -1.67. The fraction of sp³-hybridized carbons (Fsp3) is 0.560. The third-order valence-electron chi connectivity index (χ3n) is 9.14. The molecule has 2 bridgehead atoms. The Bertz CT molecular complexity index is 891. The second-order valence-electron chi connectivity index (χ2n) is 10.2. The maximum Gasteiger partial charge on any atom is 0.0826 e. The number of fused-ring (bicyclic) bond motifs is 4. The number of hydrogen-bond donors (Lipinski definition) is 1. The molecule has 0 aliphatic heterocycles. The van der Waals surface area contributed by atoms with Gasteiger partial charge in [-0.3, -0.25) is 4.98 Å². The lowest BCUT2D eigenvalue weighted by atomic mass is 9.55. The Morgan fingerprint density at radius 2 is 1.67 bits per heavy atom. The first kappa shape index (κ1) is 17.4. The highest BCUT2D eigenvalue weighted by Gasteiger charge is 2.79. The van der Waals surface area contributed by atoms with Gasteiger partial charge in [-0.25, -0.2) is 0 Å². The molecule has 2 nitrogen and oxygen atoms in total. The molecular formula is C25H31NO. The summed E-state index contributed by atoms with van der Waals surface area (Å²) in [5.41, 5.74) is 4.21. The molecule has 2 fully saturated rings. The Morgan fingerprint density at radius 3 is 2.30 bits per heavy atom. The zero-order valence-corrected chi connectivity index (χ0v) is 17.0. The van der Waals surface area contributed by atoms with Crippen LogP contribution in [0.15, 0.2) is 42.5 Å². The normalized spacial score (nSPS) is 34.9. The summed E-state index contributed by atoms with van der Waals surface area (Å²) in [5, 5.41) is 12.6. The third kappa shape index (κ3) is 1.93. The molecule has 142 valence electrons. The van der Waals surface area contributed by atoms with Crippen LogP contribution in [0.5, 0.6) is 0 Å². The van der Waals surface area contributed by atoms with Gasteiger partial charge in [-0.05, 0) is 67.2 Å². The minimum Gasteiger partial charge on any atom is -0.388 e. The van der Waals surface area contributed by atoms with Crippen LogP contribution < -0.4 is 0 Å². The van der Waals surface area contributed by atoms with Crippen molar-refractivity contribution in [3.63, 3.8) is 0 Å². The van der Waals surface area contributed by atoms with Crippen LogP contribution in [0.1, 0.15) is 56.1 Å². The summed E-state index contributed by atoms with van der Waals surface area (Å²) in [6.45, 7) is 9.23. The molecule has 5 rings (SSSR count). The number of pyridine rings is 1. The molecule has 1 spiro atoms. The monoisotopic (exact) mass is 361 g/mol. The van der Waals surface area contributed by atoms with Crippen LogP contribution in [0.4, 0.5) is 0 Å². The molecule has 0 radical (unpaired) electrons. The van der Waals surface area contributed by atoms with E-state index in [9.17, 15) is 5.11 Å². The van der Waals surface area contributed by atoms with Gasteiger partial charge >= 0.3 is 0 Å². The van der Waals surface area contributed by atoms with E-state index >= 15 is 0 Å². The molecular weight excluding hydrogens is 330 g/mol. The van der Waals surface area contributed by atoms with Gasteiger partial charge in [0.05, 0.1) is 5.60 Å². The lowest BCUT2D eigenvalue weighted by Gasteiger charge is -2.53. The lowest BCUT2D eigenvalue weighted by Crippen LogP contribution is -2.59. The molecule has 3 aliphatic carbocycles. The lowest BCUT2D eigenvalue weighted by molar-refractivity contribution is -0.159. The van der Waals surface area contributed by atoms with Gasteiger partial charge in [0.2, 0.25) is 0 Å². The summed E-state index contributed by atoms with van der Waals surface area (Å²) in [5.74, 6) is 0.553. The first-order valence-corrected chi connectivity index (χ1v) is 10.5. The van der Waals surface area contributed by atoms with Crippen LogP contribution in [0, 0.1) is 29.1 Å². The second-order valence-corrected chi connectivity index (χ2v) is 10.2. The number of nitrogens with zero attached hydrogens (tertiary/aromatic N) is 1. The van der Waals surface area contributed by atoms with E-state index in [2.05, 4.69) is 57.2 Å². The van der Waals surface area contributed by atoms with E-state index < -0.39 is 5.60 Å². The molecule has 1 heterocycles. The van der Waals surface area contributed by atoms with Crippen molar-refractivity contribution in [2.75, 3.05) is 0 Å². The summed E-state index contributed by atoms with van der Waals surface area (Å²) >= 11 is 0. The Balaban J connectivity index is 1.67. The summed E-state index contributed by atoms with van der Waals surface area (Å²) in [6, 6.07) is 15.1. The summed E-state index contributed by atoms with van der Waals surface area (Å²) in [4.78, 5) is 4.79. The largest absolute Gasteiger partial charge is 0.388 e. The van der Waals surface area contributed by atoms with E-state index in [1.807, 2.05) is 13.0 Å². The fourth-order valence-corrected chi connectivity index (χ4v) is 7.56. The van der Waals surface area contributed by atoms with Crippen molar-refractivity contribution in [2.24, 2.45) is 22.2 Å². The molecule has 0 saturated heterocycles. The summed E-state index contributed by atoms with van der Waals surface area (Å²) in [6.07, 6.45) is 5.04. The minimum absolute atomic E-state index is 0.0708. The average molecular weight is 362 g/mol. The molecule has 0 amide bonds. The van der Waals surface area contributed by atoms with E-state index in [1.54, 1.807) is 0 Å². The highest BCUT2D eigenvalue weighted by atomic mass is 16.3. The maximum atomic E-state index is 12.6. The number of aliphatic hydroxyl groups is 1. The van der Waals surface area contributed by atoms with Crippen molar-refractivity contribution in [1.82, 2.24) is 4.98 Å². The number of aryl methyl sites for hydroxylation is 1. The Kier molecular flexibility index (Phi) is 3.37. The van der Waals surface area contributed by atoms with Gasteiger partial charge in [0.25, 0.3) is 0 Å². The first-order valence-electron chi connectivity index (χ1n) is 10.5. The van der Waals surface area contributed by atoms with Crippen molar-refractivity contribution >= 4 is 0 Å². The SMILES string of the molecule is Cc1cccc(C[C@]2(O)C3(Cc4ccccc4C3)[C@H]3CC[C@]2(C)C3(C)C)n1. The summed E-state index contributed by atoms with van der Waals surface area (Å²) in [7, 11) is 0. The van der Waals surface area contributed by atoms with Crippen molar-refractivity contribution in [2.45, 2.75) is 65.4 Å². The molecule has 0 unspecified atom stereocenters. The van der Waals surface area contributed by atoms with Crippen LogP contribution in [-0.2, 0) is 19.3 Å². The van der Waals surface area contributed by atoms with Gasteiger partial charge in [0.15, 0.2) is 0 Å². The fourth-order valence-electron chi connectivity index (χ4n) is 7.56. The zero-order valence-electron chi connectivity index (χ0n) is 17.0. The smallest absolute Gasteiger partial charge is 0.0826 e. The Morgan fingerprint density at radius 1 is 1.00 bits per heavy atom. The van der Waals surface area contributed by atoms with Gasteiger partial charge in [-0.1, -0.05) is 51.1 Å². The second kappa shape index (κ2) is 5.23. The molecule has 27 heavy (non-hydrogen) atoms. The topological polar surface area (TPSA) is 33.1 Å². The standard InChI is InChI=1S/C25H31NO/c1-17-8-7-11-20(26-17)16-25(27)23(4)13-12-21(22(23,2)3)24(25)14-18-9-5-6-10-19(18)15-24/h5-11,21,27H,12-16H2,1-4H3/t21-,23+,25+/m0/s1. The van der Waals surface area contributed by atoms with Crippen LogP contribution in [0.3, 0.4) is 0 Å². The van der Waals surface area contributed by atoms with E-state index in [0.29, 0.717) is 12.3 Å². The molecule has 2 aromatic rings. The third-order valence-corrected chi connectivity index (χ3v) is 9.14. The average Bonchev–Trinajstić information content (AvgIpc) is 3.13. The molecule has 2 heteroatoms. The molecule has 1 N–H and O–H groups in total. The van der Waals surface area contributed by atoms with Crippen LogP contribution >= 0.6 is 0 Å². The molecule has 1 aromatic carbocycles. The molecule has 3 atom stereocenters. The molecule has 1 aromatic heterocycles. The highest BCUT2D eigenvalue weighted by molar-refractivity contribution is 5.42. The number of hydrogen-bond acceptors (Lipinski definition) is 2. The summed E-state index contributed by atoms with van der Waals surface area (Å²) < 4.78 is 0.